The molecule has 0 bridgehead atoms. The van der Waals surface area contributed by atoms with Gasteiger partial charge in [0, 0.05) is 50.0 Å². The molecule has 0 spiro atoms. The third-order valence-corrected chi connectivity index (χ3v) is 9.03. The second-order valence-corrected chi connectivity index (χ2v) is 13.5. The molecule has 2 aliphatic heterocycles. The lowest BCUT2D eigenvalue weighted by molar-refractivity contribution is -0.305. The largest absolute Gasteiger partial charge is 0.441 e. The number of carbonyl (C=O) groups is 2. The van der Waals surface area contributed by atoms with Gasteiger partial charge >= 0.3 is 6.09 Å². The van der Waals surface area contributed by atoms with Crippen molar-refractivity contribution in [3.05, 3.63) is 59.0 Å². The van der Waals surface area contributed by atoms with E-state index in [0.717, 1.165) is 47.4 Å². The van der Waals surface area contributed by atoms with Gasteiger partial charge in [0.1, 0.15) is 17.6 Å². The maximum absolute atomic E-state index is 15.3. The van der Waals surface area contributed by atoms with Crippen LogP contribution < -0.4 is 5.32 Å². The summed E-state index contributed by atoms with van der Waals surface area (Å²) >= 11 is 1.43. The van der Waals surface area contributed by atoms with Crippen molar-refractivity contribution < 1.29 is 28.1 Å². The van der Waals surface area contributed by atoms with Crippen molar-refractivity contribution in [3.63, 3.8) is 0 Å². The normalized spacial score (nSPS) is 16.4. The predicted octanol–water partition coefficient (Wildman–Crippen LogP) is 6.13. The zero-order chi connectivity index (χ0) is 31.0. The highest BCUT2D eigenvalue weighted by molar-refractivity contribution is 7.23. The van der Waals surface area contributed by atoms with Crippen molar-refractivity contribution >= 4 is 38.5 Å². The van der Waals surface area contributed by atoms with E-state index in [4.69, 9.17) is 14.8 Å². The van der Waals surface area contributed by atoms with Crippen LogP contribution in [0.1, 0.15) is 61.5 Å². The molecule has 2 amide bonds. The Morgan fingerprint density at radius 1 is 1.11 bits per heavy atom. The zero-order valence-corrected chi connectivity index (χ0v) is 26.0. The van der Waals surface area contributed by atoms with Crippen molar-refractivity contribution in [1.29, 1.82) is 0 Å². The molecule has 0 atom stereocenters. The molecular weight excluding hydrogens is 588 g/mol. The fourth-order valence-corrected chi connectivity index (χ4v) is 6.70. The number of aromatic nitrogens is 2. The van der Waals surface area contributed by atoms with Gasteiger partial charge in [-0.25, -0.2) is 18.6 Å². The number of piperidine rings is 1. The number of hydrogen-bond acceptors (Lipinski definition) is 7. The Morgan fingerprint density at radius 2 is 1.91 bits per heavy atom. The first kappa shape index (κ1) is 30.4. The second kappa shape index (κ2) is 12.4. The number of carbonyl (C=O) groups excluding carboxylic acids is 2. The number of halogens is 2. The molecule has 6 rings (SSSR count). The summed E-state index contributed by atoms with van der Waals surface area (Å²) in [6, 6.07) is 8.81. The summed E-state index contributed by atoms with van der Waals surface area (Å²) in [7, 11) is 0. The highest BCUT2D eigenvalue weighted by Gasteiger charge is 2.27. The van der Waals surface area contributed by atoms with Gasteiger partial charge in [0.2, 0.25) is 0 Å². The number of thiazole rings is 1. The molecule has 0 radical (unpaired) electrons. The highest BCUT2D eigenvalue weighted by Crippen LogP contribution is 2.33. The molecule has 44 heavy (non-hydrogen) atoms. The Balaban J connectivity index is 1.12. The van der Waals surface area contributed by atoms with Crippen molar-refractivity contribution in [2.24, 2.45) is 0 Å². The van der Waals surface area contributed by atoms with E-state index in [9.17, 15) is 14.0 Å². The van der Waals surface area contributed by atoms with Gasteiger partial charge in [0.15, 0.2) is 4.96 Å². The van der Waals surface area contributed by atoms with Gasteiger partial charge in [-0.15, -0.1) is 0 Å². The average molecular weight is 626 g/mol. The maximum Gasteiger partial charge on any atom is 0.441 e. The van der Waals surface area contributed by atoms with E-state index in [1.807, 2.05) is 16.5 Å². The van der Waals surface area contributed by atoms with Crippen LogP contribution in [-0.2, 0) is 22.7 Å². The lowest BCUT2D eigenvalue weighted by Gasteiger charge is -2.29. The number of nitrogens with zero attached hydrogens (tertiary/aromatic N) is 4. The molecule has 0 aliphatic carbocycles. The second-order valence-electron chi connectivity index (χ2n) is 12.5. The number of imidazole rings is 1. The van der Waals surface area contributed by atoms with E-state index in [1.165, 1.54) is 17.4 Å². The summed E-state index contributed by atoms with van der Waals surface area (Å²) in [5.41, 5.74) is 3.36. The van der Waals surface area contributed by atoms with Gasteiger partial charge in [-0.2, -0.15) is 4.89 Å². The number of likely N-dealkylation sites (tertiary alicyclic amines) is 1. The number of nitrogens with one attached hydrogen (secondary N) is 1. The van der Waals surface area contributed by atoms with Crippen LogP contribution in [0.25, 0.3) is 26.4 Å². The molecule has 0 unspecified atom stereocenters. The number of hydrogen-bond donors (Lipinski definition) is 1. The fraction of sp³-hybridized carbons (Fsp3) is 0.469. The summed E-state index contributed by atoms with van der Waals surface area (Å²) in [5.74, 6) is -0.503. The molecule has 2 aromatic carbocycles. The first-order valence-electron chi connectivity index (χ1n) is 15.1. The molecule has 4 heterocycles. The first-order valence-corrected chi connectivity index (χ1v) is 15.9. The van der Waals surface area contributed by atoms with Crippen molar-refractivity contribution in [2.45, 2.75) is 64.8 Å². The Hall–Kier alpha value is -3.61. The number of fused-ring (bicyclic) bond motifs is 4. The lowest BCUT2D eigenvalue weighted by Crippen LogP contribution is -2.37. The molecule has 2 aliphatic rings. The van der Waals surface area contributed by atoms with E-state index in [0.29, 0.717) is 54.1 Å². The van der Waals surface area contributed by atoms with Crippen LogP contribution in [0.15, 0.2) is 36.5 Å². The van der Waals surface area contributed by atoms with Crippen LogP contribution >= 0.6 is 11.3 Å². The Labute approximate surface area is 258 Å². The van der Waals surface area contributed by atoms with E-state index in [2.05, 4.69) is 10.2 Å². The molecule has 1 fully saturated rings. The number of rotatable bonds is 7. The molecule has 4 aromatic rings. The summed E-state index contributed by atoms with van der Waals surface area (Å²) in [5, 5.41) is 2.99. The Kier molecular flexibility index (Phi) is 8.58. The predicted molar refractivity (Wildman–Crippen MR) is 165 cm³/mol. The van der Waals surface area contributed by atoms with Crippen LogP contribution in [0.4, 0.5) is 13.6 Å². The van der Waals surface area contributed by atoms with E-state index >= 15 is 4.39 Å². The monoisotopic (exact) mass is 625 g/mol. The van der Waals surface area contributed by atoms with Crippen LogP contribution in [0, 0.1) is 5.82 Å². The molecule has 1 N–H and O–H groups in total. The third kappa shape index (κ3) is 6.72. The van der Waals surface area contributed by atoms with Crippen molar-refractivity contribution in [1.82, 2.24) is 24.5 Å². The number of alkyl halides is 1. The van der Waals surface area contributed by atoms with Gasteiger partial charge in [0.25, 0.3) is 5.91 Å². The number of amides is 2. The third-order valence-electron chi connectivity index (χ3n) is 8.01. The topological polar surface area (TPSA) is 88.4 Å². The molecule has 1 saturated heterocycles. The standard InChI is InChI=1S/C32H37F2N5O4S/c1-32(2,3)43-42-31(41)38-14-7-20-16-25(34)24(15-22(20)18-38)26-19-39-27-6-5-21(17-28(27)44-30(39)36-26)29(40)35-10-4-11-37-12-8-23(33)9-13-37/h5-6,15-17,19,23H,4,7-14,18H2,1-3H3,(H,35,40). The first-order chi connectivity index (χ1) is 21.0. The van der Waals surface area contributed by atoms with Crippen molar-refractivity contribution in [3.8, 4) is 11.3 Å². The van der Waals surface area contributed by atoms with Crippen LogP contribution in [0.5, 0.6) is 0 Å². The fourth-order valence-electron chi connectivity index (χ4n) is 5.65. The highest BCUT2D eigenvalue weighted by atomic mass is 32.1. The van der Waals surface area contributed by atoms with Crippen molar-refractivity contribution in [2.75, 3.05) is 32.7 Å². The SMILES string of the molecule is CC(C)(C)OOC(=O)N1CCc2cc(F)c(-c3cn4c(n3)sc3cc(C(=O)NCCCN5CCC(F)CC5)ccc34)cc2C1. The summed E-state index contributed by atoms with van der Waals surface area (Å²) in [6.07, 6.45) is 3.04. The van der Waals surface area contributed by atoms with E-state index < -0.39 is 17.9 Å². The van der Waals surface area contributed by atoms with E-state index in [1.54, 1.807) is 44.0 Å². The molecule has 9 nitrogen and oxygen atoms in total. The summed E-state index contributed by atoms with van der Waals surface area (Å²) in [4.78, 5) is 44.7. The van der Waals surface area contributed by atoms with Gasteiger partial charge < -0.3 is 15.1 Å². The van der Waals surface area contributed by atoms with Crippen LogP contribution in [0.2, 0.25) is 0 Å². The minimum absolute atomic E-state index is 0.139. The summed E-state index contributed by atoms with van der Waals surface area (Å²) < 4.78 is 31.4. The average Bonchev–Trinajstić information content (AvgIpc) is 3.55. The minimum atomic E-state index is -0.683. The molecule has 234 valence electrons. The summed E-state index contributed by atoms with van der Waals surface area (Å²) in [6.45, 7) is 9.01. The smallest absolute Gasteiger partial charge is 0.352 e. The van der Waals surface area contributed by atoms with Gasteiger partial charge in [0.05, 0.1) is 15.9 Å². The quantitative estimate of drug-likeness (QED) is 0.151. The molecule has 0 saturated carbocycles. The van der Waals surface area contributed by atoms with E-state index in [-0.39, 0.29) is 18.3 Å². The van der Waals surface area contributed by atoms with Crippen LogP contribution in [-0.4, -0.2) is 75.7 Å². The molecule has 2 aromatic heterocycles. The Bertz CT molecular complexity index is 1690. The lowest BCUT2D eigenvalue weighted by atomic mass is 9.96. The maximum atomic E-state index is 15.3. The molecular formula is C32H37F2N5O4S. The van der Waals surface area contributed by atoms with Gasteiger partial charge in [-0.1, -0.05) is 11.3 Å². The molecule has 12 heteroatoms. The minimum Gasteiger partial charge on any atom is -0.352 e. The van der Waals surface area contributed by atoms with Gasteiger partial charge in [-0.05, 0) is 94.5 Å². The van der Waals surface area contributed by atoms with Crippen LogP contribution in [0.3, 0.4) is 0 Å². The Morgan fingerprint density at radius 3 is 2.68 bits per heavy atom. The van der Waals surface area contributed by atoms with Gasteiger partial charge in [-0.3, -0.25) is 14.1 Å². The number of benzene rings is 2. The zero-order valence-electron chi connectivity index (χ0n) is 25.2.